The molecule has 2 fully saturated rings. The van der Waals surface area contributed by atoms with E-state index in [1.165, 1.54) is 5.56 Å². The van der Waals surface area contributed by atoms with E-state index in [-0.39, 0.29) is 17.4 Å². The van der Waals surface area contributed by atoms with E-state index in [0.29, 0.717) is 5.91 Å². The first kappa shape index (κ1) is 14.6. The maximum Gasteiger partial charge on any atom is 0.225 e. The number of carbonyl (C=O) groups excluding carboxylic acids is 1. The number of amides is 1. The van der Waals surface area contributed by atoms with Gasteiger partial charge in [0.25, 0.3) is 0 Å². The van der Waals surface area contributed by atoms with E-state index in [1.54, 1.807) is 0 Å². The molecule has 2 aliphatic rings. The van der Waals surface area contributed by atoms with Gasteiger partial charge in [-0.05, 0) is 37.7 Å². The van der Waals surface area contributed by atoms with Crippen LogP contribution < -0.4 is 5.73 Å². The van der Waals surface area contributed by atoms with Gasteiger partial charge in [0.05, 0.1) is 0 Å². The highest BCUT2D eigenvalue weighted by Gasteiger charge is 2.38. The van der Waals surface area contributed by atoms with Crippen LogP contribution in [0.15, 0.2) is 30.3 Å². The van der Waals surface area contributed by atoms with Crippen LogP contribution in [0.1, 0.15) is 44.6 Å². The Morgan fingerprint density at radius 3 is 2.71 bits per heavy atom. The zero-order chi connectivity index (χ0) is 14.9. The molecule has 1 amide bonds. The van der Waals surface area contributed by atoms with Crippen molar-refractivity contribution in [2.45, 2.75) is 50.5 Å². The lowest BCUT2D eigenvalue weighted by molar-refractivity contribution is -0.137. The summed E-state index contributed by atoms with van der Waals surface area (Å²) < 4.78 is 0. The van der Waals surface area contributed by atoms with Crippen LogP contribution in [0.3, 0.4) is 0 Å². The maximum absolute atomic E-state index is 12.7. The summed E-state index contributed by atoms with van der Waals surface area (Å²) in [5.41, 5.74) is 7.41. The molecule has 1 aliphatic carbocycles. The maximum atomic E-state index is 12.7. The smallest absolute Gasteiger partial charge is 0.225 e. The second-order valence-corrected chi connectivity index (χ2v) is 7.06. The first-order valence-corrected chi connectivity index (χ1v) is 8.18. The molecule has 0 radical (unpaired) electrons. The fourth-order valence-electron chi connectivity index (χ4n) is 4.00. The summed E-state index contributed by atoms with van der Waals surface area (Å²) in [6.07, 6.45) is 5.09. The van der Waals surface area contributed by atoms with Gasteiger partial charge in [-0.15, -0.1) is 0 Å². The number of piperidine rings is 1. The van der Waals surface area contributed by atoms with E-state index in [0.717, 1.165) is 45.2 Å². The average Bonchev–Trinajstić information content (AvgIpc) is 2.94. The summed E-state index contributed by atoms with van der Waals surface area (Å²) in [5.74, 6) is 0.503. The average molecular weight is 286 g/mol. The molecule has 1 saturated heterocycles. The molecule has 0 aromatic heterocycles. The van der Waals surface area contributed by atoms with Gasteiger partial charge in [-0.3, -0.25) is 4.79 Å². The van der Waals surface area contributed by atoms with Crippen molar-refractivity contribution in [3.63, 3.8) is 0 Å². The standard InChI is InChI=1S/C18H26N2O/c1-18(15-6-3-2-4-7-15)10-5-11-20(13-18)17(21)14-8-9-16(19)12-14/h2-4,6-7,14,16H,5,8-13,19H2,1H3. The van der Waals surface area contributed by atoms with Crippen LogP contribution in [0, 0.1) is 5.92 Å². The third kappa shape index (κ3) is 2.98. The van der Waals surface area contributed by atoms with Crippen LogP contribution in [-0.4, -0.2) is 29.9 Å². The predicted octanol–water partition coefficient (Wildman–Crippen LogP) is 2.69. The topological polar surface area (TPSA) is 46.3 Å². The minimum Gasteiger partial charge on any atom is -0.342 e. The first-order chi connectivity index (χ1) is 10.1. The number of nitrogens with two attached hydrogens (primary N) is 1. The van der Waals surface area contributed by atoms with E-state index in [9.17, 15) is 4.79 Å². The van der Waals surface area contributed by atoms with Crippen molar-refractivity contribution in [2.24, 2.45) is 11.7 Å². The first-order valence-electron chi connectivity index (χ1n) is 8.18. The van der Waals surface area contributed by atoms with Crippen molar-refractivity contribution in [3.05, 3.63) is 35.9 Å². The lowest BCUT2D eigenvalue weighted by Crippen LogP contribution is -2.48. The molecule has 114 valence electrons. The summed E-state index contributed by atoms with van der Waals surface area (Å²) in [6.45, 7) is 4.05. The summed E-state index contributed by atoms with van der Waals surface area (Å²) in [5, 5.41) is 0. The second-order valence-electron chi connectivity index (χ2n) is 7.06. The molecule has 1 aliphatic heterocycles. The van der Waals surface area contributed by atoms with Crippen molar-refractivity contribution < 1.29 is 4.79 Å². The zero-order valence-corrected chi connectivity index (χ0v) is 12.9. The second kappa shape index (κ2) is 5.80. The largest absolute Gasteiger partial charge is 0.342 e. The molecule has 21 heavy (non-hydrogen) atoms. The molecule has 3 heteroatoms. The fraction of sp³-hybridized carbons (Fsp3) is 0.611. The van der Waals surface area contributed by atoms with Crippen LogP contribution in [0.25, 0.3) is 0 Å². The normalized spacial score (nSPS) is 33.1. The number of benzene rings is 1. The summed E-state index contributed by atoms with van der Waals surface area (Å²) in [7, 11) is 0. The highest BCUT2D eigenvalue weighted by atomic mass is 16.2. The highest BCUT2D eigenvalue weighted by Crippen LogP contribution is 2.35. The van der Waals surface area contributed by atoms with Crippen molar-refractivity contribution in [3.8, 4) is 0 Å². The molecule has 1 aromatic carbocycles. The lowest BCUT2D eigenvalue weighted by Gasteiger charge is -2.42. The Kier molecular flexibility index (Phi) is 4.03. The Bertz CT molecular complexity index is 501. The highest BCUT2D eigenvalue weighted by molar-refractivity contribution is 5.79. The van der Waals surface area contributed by atoms with E-state index in [1.807, 2.05) is 0 Å². The molecule has 3 rings (SSSR count). The summed E-state index contributed by atoms with van der Waals surface area (Å²) >= 11 is 0. The SMILES string of the molecule is CC1(c2ccccc2)CCCN(C(=O)C2CCC(N)C2)C1. The number of likely N-dealkylation sites (tertiary alicyclic amines) is 1. The number of hydrogen-bond acceptors (Lipinski definition) is 2. The van der Waals surface area contributed by atoms with Crippen molar-refractivity contribution in [1.82, 2.24) is 4.90 Å². The van der Waals surface area contributed by atoms with Crippen molar-refractivity contribution in [1.29, 1.82) is 0 Å². The number of carbonyl (C=O) groups is 1. The number of hydrogen-bond donors (Lipinski definition) is 1. The summed E-state index contributed by atoms with van der Waals surface area (Å²) in [4.78, 5) is 14.8. The predicted molar refractivity (Wildman–Crippen MR) is 84.9 cm³/mol. The van der Waals surface area contributed by atoms with Gasteiger partial charge >= 0.3 is 0 Å². The minimum atomic E-state index is 0.0931. The van der Waals surface area contributed by atoms with Gasteiger partial charge in [-0.2, -0.15) is 0 Å². The third-order valence-electron chi connectivity index (χ3n) is 5.30. The molecule has 1 saturated carbocycles. The molecule has 1 heterocycles. The Morgan fingerprint density at radius 2 is 2.05 bits per heavy atom. The summed E-state index contributed by atoms with van der Waals surface area (Å²) in [6, 6.07) is 10.9. The van der Waals surface area contributed by atoms with Gasteiger partial charge < -0.3 is 10.6 Å². The molecule has 3 nitrogen and oxygen atoms in total. The van der Waals surface area contributed by atoms with Crippen LogP contribution in [0.4, 0.5) is 0 Å². The van der Waals surface area contributed by atoms with Gasteiger partial charge in [0.15, 0.2) is 0 Å². The van der Waals surface area contributed by atoms with Crippen molar-refractivity contribution >= 4 is 5.91 Å². The Balaban J connectivity index is 1.72. The minimum absolute atomic E-state index is 0.0931. The van der Waals surface area contributed by atoms with Crippen LogP contribution >= 0.6 is 0 Å². The lowest BCUT2D eigenvalue weighted by atomic mass is 9.75. The van der Waals surface area contributed by atoms with Gasteiger partial charge in [-0.25, -0.2) is 0 Å². The molecular weight excluding hydrogens is 260 g/mol. The molecule has 0 bridgehead atoms. The quantitative estimate of drug-likeness (QED) is 0.908. The van der Waals surface area contributed by atoms with Crippen LogP contribution in [0.5, 0.6) is 0 Å². The molecule has 3 atom stereocenters. The monoisotopic (exact) mass is 286 g/mol. The van der Waals surface area contributed by atoms with E-state index in [4.69, 9.17) is 5.73 Å². The Labute approximate surface area is 127 Å². The van der Waals surface area contributed by atoms with Gasteiger partial charge in [0.2, 0.25) is 5.91 Å². The number of rotatable bonds is 2. The van der Waals surface area contributed by atoms with Gasteiger partial charge in [0.1, 0.15) is 0 Å². The van der Waals surface area contributed by atoms with Crippen LogP contribution in [-0.2, 0) is 10.2 Å². The third-order valence-corrected chi connectivity index (χ3v) is 5.30. The molecule has 1 aromatic rings. The van der Waals surface area contributed by atoms with E-state index in [2.05, 4.69) is 42.2 Å². The number of nitrogens with zero attached hydrogens (tertiary/aromatic N) is 1. The van der Waals surface area contributed by atoms with Gasteiger partial charge in [0, 0.05) is 30.5 Å². The Hall–Kier alpha value is -1.35. The van der Waals surface area contributed by atoms with Gasteiger partial charge in [-0.1, -0.05) is 37.3 Å². The molecule has 2 N–H and O–H groups in total. The van der Waals surface area contributed by atoms with Crippen molar-refractivity contribution in [2.75, 3.05) is 13.1 Å². The molecule has 3 unspecified atom stereocenters. The molecular formula is C18H26N2O. The van der Waals surface area contributed by atoms with E-state index >= 15 is 0 Å². The Morgan fingerprint density at radius 1 is 1.29 bits per heavy atom. The van der Waals surface area contributed by atoms with Crippen LogP contribution in [0.2, 0.25) is 0 Å². The van der Waals surface area contributed by atoms with E-state index < -0.39 is 0 Å². The fourth-order valence-corrected chi connectivity index (χ4v) is 4.00. The molecule has 0 spiro atoms. The zero-order valence-electron chi connectivity index (χ0n) is 12.9.